The van der Waals surface area contributed by atoms with E-state index in [-0.39, 0.29) is 11.5 Å². The predicted octanol–water partition coefficient (Wildman–Crippen LogP) is 5.14. The minimum Gasteiger partial charge on any atom is -0.321 e. The van der Waals surface area contributed by atoms with E-state index in [0.29, 0.717) is 33.0 Å². The van der Waals surface area contributed by atoms with Gasteiger partial charge < -0.3 is 5.32 Å². The summed E-state index contributed by atoms with van der Waals surface area (Å²) in [5, 5.41) is 3.93. The van der Waals surface area contributed by atoms with Crippen LogP contribution in [0.15, 0.2) is 71.5 Å². The number of halogens is 2. The van der Waals surface area contributed by atoms with Gasteiger partial charge in [0.15, 0.2) is 0 Å². The van der Waals surface area contributed by atoms with Gasteiger partial charge in [0.1, 0.15) is 5.82 Å². The molecular weight excluding hydrogens is 513 g/mol. The Balaban J connectivity index is 1.82. The summed E-state index contributed by atoms with van der Waals surface area (Å²) in [7, 11) is 0. The molecule has 0 unspecified atom stereocenters. The van der Waals surface area contributed by atoms with Crippen LogP contribution in [0.1, 0.15) is 11.4 Å². The molecule has 4 aromatic rings. The zero-order valence-electron chi connectivity index (χ0n) is 15.4. The number of para-hydroxylation sites is 1. The molecule has 1 aliphatic heterocycles. The van der Waals surface area contributed by atoms with Crippen molar-refractivity contribution in [3.63, 3.8) is 0 Å². The Kier molecular flexibility index (Phi) is 4.67. The quantitative estimate of drug-likeness (QED) is 0.291. The van der Waals surface area contributed by atoms with Gasteiger partial charge in [0, 0.05) is 19.8 Å². The molecule has 0 saturated heterocycles. The summed E-state index contributed by atoms with van der Waals surface area (Å²) in [4.78, 5) is 30.8. The van der Waals surface area contributed by atoms with Gasteiger partial charge in [-0.3, -0.25) is 14.2 Å². The van der Waals surface area contributed by atoms with Crippen LogP contribution in [0.4, 0.5) is 5.69 Å². The molecule has 0 atom stereocenters. The third kappa shape index (κ3) is 3.22. The van der Waals surface area contributed by atoms with Crippen LogP contribution < -0.4 is 10.9 Å². The highest BCUT2D eigenvalue weighted by Crippen LogP contribution is 2.32. The fourth-order valence-electron chi connectivity index (χ4n) is 3.52. The zero-order valence-corrected chi connectivity index (χ0v) is 18.3. The van der Waals surface area contributed by atoms with E-state index < -0.39 is 0 Å². The maximum Gasteiger partial charge on any atom is 0.266 e. The van der Waals surface area contributed by atoms with Gasteiger partial charge in [0.2, 0.25) is 0 Å². The molecule has 0 bridgehead atoms. The minimum atomic E-state index is -0.226. The molecule has 1 aromatic heterocycles. The summed E-state index contributed by atoms with van der Waals surface area (Å²) in [5.41, 5.74) is 2.97. The van der Waals surface area contributed by atoms with Gasteiger partial charge in [-0.15, -0.1) is 0 Å². The van der Waals surface area contributed by atoms with Crippen LogP contribution in [0.2, 0.25) is 5.02 Å². The van der Waals surface area contributed by atoms with E-state index in [1.165, 1.54) is 4.57 Å². The first-order valence-corrected chi connectivity index (χ1v) is 10.6. The van der Waals surface area contributed by atoms with Crippen molar-refractivity contribution in [2.45, 2.75) is 0 Å². The molecule has 1 aliphatic rings. The molecule has 5 nitrogen and oxygen atoms in total. The van der Waals surface area contributed by atoms with Gasteiger partial charge in [0.25, 0.3) is 11.5 Å². The topological polar surface area (TPSA) is 64.0 Å². The second-order valence-corrected chi connectivity index (χ2v) is 8.49. The van der Waals surface area contributed by atoms with Crippen molar-refractivity contribution in [3.05, 3.63) is 97.1 Å². The van der Waals surface area contributed by atoms with Crippen LogP contribution in [0.25, 0.3) is 28.2 Å². The lowest BCUT2D eigenvalue weighted by molar-refractivity contribution is -0.110. The number of nitrogens with one attached hydrogen (secondary N) is 1. The number of amides is 1. The summed E-state index contributed by atoms with van der Waals surface area (Å²) in [5.74, 6) is 0.147. The van der Waals surface area contributed by atoms with Crippen molar-refractivity contribution in [1.29, 1.82) is 0 Å². The first-order valence-electron chi connectivity index (χ1n) is 9.12. The van der Waals surface area contributed by atoms with Crippen molar-refractivity contribution in [3.8, 4) is 5.69 Å². The molecule has 2 heterocycles. The Morgan fingerprint density at radius 1 is 1.00 bits per heavy atom. The van der Waals surface area contributed by atoms with Crippen LogP contribution in [0, 0.1) is 3.57 Å². The highest BCUT2D eigenvalue weighted by atomic mass is 127. The van der Waals surface area contributed by atoms with E-state index in [1.807, 2.05) is 42.5 Å². The molecule has 1 amide bonds. The van der Waals surface area contributed by atoms with Crippen LogP contribution >= 0.6 is 34.2 Å². The van der Waals surface area contributed by atoms with Gasteiger partial charge in [-0.2, -0.15) is 0 Å². The van der Waals surface area contributed by atoms with E-state index >= 15 is 0 Å². The van der Waals surface area contributed by atoms with E-state index in [4.69, 9.17) is 16.6 Å². The van der Waals surface area contributed by atoms with E-state index in [2.05, 4.69) is 27.9 Å². The fraction of sp³-hybridized carbons (Fsp3) is 0. The van der Waals surface area contributed by atoms with Crippen LogP contribution in [0.5, 0.6) is 0 Å². The van der Waals surface area contributed by atoms with Crippen molar-refractivity contribution < 1.29 is 4.79 Å². The summed E-state index contributed by atoms with van der Waals surface area (Å²) >= 11 is 8.21. The summed E-state index contributed by atoms with van der Waals surface area (Å²) in [6, 6.07) is 19.9. The molecule has 3 aromatic carbocycles. The van der Waals surface area contributed by atoms with Crippen molar-refractivity contribution in [2.75, 3.05) is 5.32 Å². The fourth-order valence-corrected chi connectivity index (χ4v) is 4.14. The summed E-state index contributed by atoms with van der Waals surface area (Å²) in [6.45, 7) is 0. The molecule has 7 heteroatoms. The SMILES string of the molecule is O=C1Nc2ccccc2C1=Cc1nc2ccc(I)cc2c(=O)n1-c1ccc(Cl)cc1. The lowest BCUT2D eigenvalue weighted by Gasteiger charge is -2.12. The van der Waals surface area contributed by atoms with Gasteiger partial charge in [0.05, 0.1) is 22.2 Å². The highest BCUT2D eigenvalue weighted by Gasteiger charge is 2.24. The Hall–Kier alpha value is -2.97. The molecule has 30 heavy (non-hydrogen) atoms. The number of carbonyl (C=O) groups excluding carboxylic acids is 1. The smallest absolute Gasteiger partial charge is 0.266 e. The normalized spacial score (nSPS) is 14.2. The summed E-state index contributed by atoms with van der Waals surface area (Å²) in [6.07, 6.45) is 1.66. The number of anilines is 1. The van der Waals surface area contributed by atoms with Gasteiger partial charge in [-0.25, -0.2) is 4.98 Å². The first kappa shape index (κ1) is 19.0. The average Bonchev–Trinajstić information content (AvgIpc) is 3.05. The van der Waals surface area contributed by atoms with Gasteiger partial charge in [-0.1, -0.05) is 29.8 Å². The zero-order chi connectivity index (χ0) is 20.8. The molecule has 0 spiro atoms. The third-order valence-corrected chi connectivity index (χ3v) is 5.85. The second kappa shape index (κ2) is 7.37. The molecule has 0 aliphatic carbocycles. The van der Waals surface area contributed by atoms with E-state index in [0.717, 1.165) is 14.8 Å². The number of benzene rings is 3. The van der Waals surface area contributed by atoms with Crippen LogP contribution in [-0.4, -0.2) is 15.5 Å². The Morgan fingerprint density at radius 2 is 1.77 bits per heavy atom. The highest BCUT2D eigenvalue weighted by molar-refractivity contribution is 14.1. The Morgan fingerprint density at radius 3 is 2.57 bits per heavy atom. The van der Waals surface area contributed by atoms with Crippen LogP contribution in [0.3, 0.4) is 0 Å². The Labute approximate surface area is 190 Å². The second-order valence-electron chi connectivity index (χ2n) is 6.81. The lowest BCUT2D eigenvalue weighted by atomic mass is 10.1. The van der Waals surface area contributed by atoms with E-state index in [1.54, 1.807) is 30.3 Å². The minimum absolute atomic E-state index is 0.209. The van der Waals surface area contributed by atoms with Crippen molar-refractivity contribution >= 4 is 68.3 Å². The van der Waals surface area contributed by atoms with Gasteiger partial charge >= 0.3 is 0 Å². The lowest BCUT2D eigenvalue weighted by Crippen LogP contribution is -2.22. The van der Waals surface area contributed by atoms with E-state index in [9.17, 15) is 9.59 Å². The molecule has 0 saturated carbocycles. The largest absolute Gasteiger partial charge is 0.321 e. The number of carbonyl (C=O) groups is 1. The monoisotopic (exact) mass is 525 g/mol. The molecule has 146 valence electrons. The molecule has 1 N–H and O–H groups in total. The standard InChI is InChI=1S/C23H13ClIN3O2/c24-13-5-8-15(9-6-13)28-21(26-20-10-7-14(25)11-18(20)23(28)30)12-17-16-3-1-2-4-19(16)27-22(17)29/h1-12H,(H,27,29). The third-order valence-electron chi connectivity index (χ3n) is 4.92. The maximum absolute atomic E-state index is 13.4. The van der Waals surface area contributed by atoms with Crippen molar-refractivity contribution in [1.82, 2.24) is 9.55 Å². The number of rotatable bonds is 2. The maximum atomic E-state index is 13.4. The Bertz CT molecular complexity index is 1430. The molecule has 5 rings (SSSR count). The number of nitrogens with zero attached hydrogens (tertiary/aromatic N) is 2. The number of aromatic nitrogens is 2. The molecule has 0 radical (unpaired) electrons. The first-order chi connectivity index (χ1) is 14.5. The average molecular weight is 526 g/mol. The van der Waals surface area contributed by atoms with Gasteiger partial charge in [-0.05, 0) is 77.2 Å². The number of hydrogen-bond donors (Lipinski definition) is 1. The number of fused-ring (bicyclic) bond motifs is 2. The molecular formula is C23H13ClIN3O2. The molecule has 0 fully saturated rings. The predicted molar refractivity (Wildman–Crippen MR) is 128 cm³/mol. The number of hydrogen-bond acceptors (Lipinski definition) is 3. The summed E-state index contributed by atoms with van der Waals surface area (Å²) < 4.78 is 2.45. The van der Waals surface area contributed by atoms with Crippen molar-refractivity contribution in [2.24, 2.45) is 0 Å². The van der Waals surface area contributed by atoms with Crippen LogP contribution in [-0.2, 0) is 4.79 Å².